The minimum atomic E-state index is -1.16. The van der Waals surface area contributed by atoms with Gasteiger partial charge in [0.25, 0.3) is 0 Å². The van der Waals surface area contributed by atoms with E-state index in [2.05, 4.69) is 5.10 Å². The normalized spacial score (nSPS) is 14.1. The van der Waals surface area contributed by atoms with Crippen molar-refractivity contribution in [3.8, 4) is 5.69 Å². The van der Waals surface area contributed by atoms with E-state index < -0.39 is 11.8 Å². The van der Waals surface area contributed by atoms with Gasteiger partial charge in [-0.25, -0.2) is 13.9 Å². The molecule has 1 aromatic heterocycles. The summed E-state index contributed by atoms with van der Waals surface area (Å²) in [5, 5.41) is 13.5. The highest BCUT2D eigenvalue weighted by atomic mass is 35.5. The zero-order chi connectivity index (χ0) is 14.3. The highest BCUT2D eigenvalue weighted by Crippen LogP contribution is 2.26. The first kappa shape index (κ1) is 13.1. The summed E-state index contributed by atoms with van der Waals surface area (Å²) >= 11 is 5.87. The summed E-state index contributed by atoms with van der Waals surface area (Å²) in [6, 6.07) is 4.08. The van der Waals surface area contributed by atoms with Crippen LogP contribution in [0.4, 0.5) is 4.39 Å². The number of hydrogen-bond acceptors (Lipinski definition) is 3. The predicted octanol–water partition coefficient (Wildman–Crippen LogP) is 2.44. The van der Waals surface area contributed by atoms with Crippen molar-refractivity contribution in [2.24, 2.45) is 0 Å². The first-order valence-corrected chi connectivity index (χ1v) is 6.33. The summed E-state index contributed by atoms with van der Waals surface area (Å²) in [5.41, 5.74) is 1.17. The monoisotopic (exact) mass is 296 g/mol. The Morgan fingerprint density at radius 3 is 3.05 bits per heavy atom. The van der Waals surface area contributed by atoms with Gasteiger partial charge in [-0.05, 0) is 18.2 Å². The molecule has 0 saturated heterocycles. The standard InChI is InChI=1S/C13H10ClFN2O3/c14-7-1-2-9(15)11(5-7)17-10-3-4-20-6-8(10)12(16-17)13(18)19/h1-2,5H,3-4,6H2,(H,18,19). The van der Waals surface area contributed by atoms with Crippen molar-refractivity contribution in [1.82, 2.24) is 9.78 Å². The zero-order valence-electron chi connectivity index (χ0n) is 10.3. The van der Waals surface area contributed by atoms with Gasteiger partial charge in [-0.3, -0.25) is 0 Å². The molecule has 0 unspecified atom stereocenters. The minimum Gasteiger partial charge on any atom is -0.476 e. The van der Waals surface area contributed by atoms with E-state index in [1.54, 1.807) is 0 Å². The SMILES string of the molecule is O=C(O)c1nn(-c2cc(Cl)ccc2F)c2c1COCC2. The number of ether oxygens (including phenoxy) is 1. The number of rotatable bonds is 2. The predicted molar refractivity (Wildman–Crippen MR) is 68.9 cm³/mol. The molecule has 3 rings (SSSR count). The average Bonchev–Trinajstić information content (AvgIpc) is 2.81. The van der Waals surface area contributed by atoms with Crippen molar-refractivity contribution in [2.75, 3.05) is 6.61 Å². The molecule has 2 aromatic rings. The number of nitrogens with zero attached hydrogens (tertiary/aromatic N) is 2. The molecule has 20 heavy (non-hydrogen) atoms. The molecular weight excluding hydrogens is 287 g/mol. The molecule has 0 saturated carbocycles. The molecule has 7 heteroatoms. The number of carboxylic acids is 1. The zero-order valence-corrected chi connectivity index (χ0v) is 11.0. The van der Waals surface area contributed by atoms with Crippen molar-refractivity contribution in [2.45, 2.75) is 13.0 Å². The molecule has 1 aliphatic rings. The lowest BCUT2D eigenvalue weighted by molar-refractivity contribution is 0.0677. The van der Waals surface area contributed by atoms with E-state index in [0.29, 0.717) is 29.3 Å². The van der Waals surface area contributed by atoms with Crippen LogP contribution in [0.25, 0.3) is 5.69 Å². The molecule has 2 heterocycles. The largest absolute Gasteiger partial charge is 0.476 e. The Morgan fingerprint density at radius 1 is 1.50 bits per heavy atom. The van der Waals surface area contributed by atoms with E-state index in [-0.39, 0.29) is 18.0 Å². The summed E-state index contributed by atoms with van der Waals surface area (Å²) in [6.45, 7) is 0.610. The summed E-state index contributed by atoms with van der Waals surface area (Å²) in [4.78, 5) is 11.2. The third-order valence-electron chi connectivity index (χ3n) is 3.16. The first-order valence-electron chi connectivity index (χ1n) is 5.95. The van der Waals surface area contributed by atoms with Crippen LogP contribution in [0.5, 0.6) is 0 Å². The Balaban J connectivity index is 2.23. The summed E-state index contributed by atoms with van der Waals surface area (Å²) in [7, 11) is 0. The molecule has 1 aromatic carbocycles. The first-order chi connectivity index (χ1) is 9.58. The smallest absolute Gasteiger partial charge is 0.356 e. The maximum absolute atomic E-state index is 13.9. The van der Waals surface area contributed by atoms with Crippen molar-refractivity contribution in [3.63, 3.8) is 0 Å². The fourth-order valence-corrected chi connectivity index (χ4v) is 2.42. The molecule has 5 nitrogen and oxygen atoms in total. The maximum Gasteiger partial charge on any atom is 0.356 e. The van der Waals surface area contributed by atoms with Crippen LogP contribution in [0.1, 0.15) is 21.7 Å². The number of halogens is 2. The van der Waals surface area contributed by atoms with Crippen molar-refractivity contribution < 1.29 is 19.0 Å². The van der Waals surface area contributed by atoms with Crippen LogP contribution >= 0.6 is 11.6 Å². The highest BCUT2D eigenvalue weighted by molar-refractivity contribution is 6.30. The lowest BCUT2D eigenvalue weighted by Crippen LogP contribution is -2.14. The molecule has 0 amide bonds. The summed E-state index contributed by atoms with van der Waals surface area (Å²) < 4.78 is 20.5. The van der Waals surface area contributed by atoms with Gasteiger partial charge in [0.05, 0.1) is 18.9 Å². The molecule has 1 N–H and O–H groups in total. The second-order valence-corrected chi connectivity index (χ2v) is 4.83. The van der Waals surface area contributed by atoms with Gasteiger partial charge in [0.15, 0.2) is 5.69 Å². The number of aromatic nitrogens is 2. The van der Waals surface area contributed by atoms with Crippen LogP contribution in [0.3, 0.4) is 0 Å². The van der Waals surface area contributed by atoms with Crippen LogP contribution in [-0.4, -0.2) is 27.5 Å². The molecule has 0 aliphatic carbocycles. The number of carboxylic acid groups (broad SMARTS) is 1. The number of carbonyl (C=O) groups is 1. The van der Waals surface area contributed by atoms with Crippen molar-refractivity contribution in [3.05, 3.63) is 46.0 Å². The fraction of sp³-hybridized carbons (Fsp3) is 0.231. The molecule has 0 spiro atoms. The number of aromatic carboxylic acids is 1. The van der Waals surface area contributed by atoms with Gasteiger partial charge >= 0.3 is 5.97 Å². The van der Waals surface area contributed by atoms with Crippen LogP contribution in [-0.2, 0) is 17.8 Å². The molecule has 0 atom stereocenters. The third kappa shape index (κ3) is 2.07. The average molecular weight is 297 g/mol. The number of hydrogen-bond donors (Lipinski definition) is 1. The van der Waals surface area contributed by atoms with E-state index in [0.717, 1.165) is 0 Å². The lowest BCUT2D eigenvalue weighted by atomic mass is 10.1. The quantitative estimate of drug-likeness (QED) is 0.924. The van der Waals surface area contributed by atoms with E-state index in [9.17, 15) is 14.3 Å². The van der Waals surface area contributed by atoms with Gasteiger partial charge in [0.2, 0.25) is 0 Å². The molecule has 1 aliphatic heterocycles. The minimum absolute atomic E-state index is 0.112. The number of fused-ring (bicyclic) bond motifs is 1. The van der Waals surface area contributed by atoms with Gasteiger partial charge in [-0.15, -0.1) is 0 Å². The Labute approximate surface area is 118 Å². The molecule has 0 bridgehead atoms. The van der Waals surface area contributed by atoms with E-state index in [4.69, 9.17) is 16.3 Å². The fourth-order valence-electron chi connectivity index (χ4n) is 2.26. The Kier molecular flexibility index (Phi) is 3.19. The Morgan fingerprint density at radius 2 is 2.30 bits per heavy atom. The second-order valence-electron chi connectivity index (χ2n) is 4.39. The van der Waals surface area contributed by atoms with Crippen LogP contribution in [0.15, 0.2) is 18.2 Å². The van der Waals surface area contributed by atoms with Gasteiger partial charge in [0, 0.05) is 17.0 Å². The third-order valence-corrected chi connectivity index (χ3v) is 3.39. The van der Waals surface area contributed by atoms with Crippen LogP contribution in [0.2, 0.25) is 5.02 Å². The maximum atomic E-state index is 13.9. The second kappa shape index (κ2) is 4.88. The Bertz CT molecular complexity index is 699. The van der Waals surface area contributed by atoms with Gasteiger partial charge in [0.1, 0.15) is 11.5 Å². The molecule has 0 fully saturated rings. The van der Waals surface area contributed by atoms with Crippen molar-refractivity contribution in [1.29, 1.82) is 0 Å². The summed E-state index contributed by atoms with van der Waals surface area (Å²) in [6.07, 6.45) is 0.474. The molecule has 0 radical (unpaired) electrons. The lowest BCUT2D eigenvalue weighted by Gasteiger charge is -2.15. The van der Waals surface area contributed by atoms with Gasteiger partial charge in [-0.1, -0.05) is 11.6 Å². The Hall–Kier alpha value is -1.92. The van der Waals surface area contributed by atoms with Gasteiger partial charge < -0.3 is 9.84 Å². The van der Waals surface area contributed by atoms with E-state index in [1.807, 2.05) is 0 Å². The van der Waals surface area contributed by atoms with E-state index >= 15 is 0 Å². The summed E-state index contributed by atoms with van der Waals surface area (Å²) in [5.74, 6) is -1.67. The van der Waals surface area contributed by atoms with Crippen LogP contribution < -0.4 is 0 Å². The highest BCUT2D eigenvalue weighted by Gasteiger charge is 2.26. The van der Waals surface area contributed by atoms with Gasteiger partial charge in [-0.2, -0.15) is 5.10 Å². The topological polar surface area (TPSA) is 64.3 Å². The van der Waals surface area contributed by atoms with Crippen molar-refractivity contribution >= 4 is 17.6 Å². The molecular formula is C13H10ClFN2O3. The van der Waals surface area contributed by atoms with Crippen LogP contribution in [0, 0.1) is 5.82 Å². The molecule has 104 valence electrons. The van der Waals surface area contributed by atoms with E-state index in [1.165, 1.54) is 22.9 Å². The number of benzene rings is 1.